The summed E-state index contributed by atoms with van der Waals surface area (Å²) in [5.41, 5.74) is 1.11. The predicted molar refractivity (Wildman–Crippen MR) is 79.4 cm³/mol. The van der Waals surface area contributed by atoms with Crippen LogP contribution >= 0.6 is 11.3 Å². The summed E-state index contributed by atoms with van der Waals surface area (Å²) in [7, 11) is 0. The highest BCUT2D eigenvalue weighted by molar-refractivity contribution is 7.19. The zero-order valence-electron chi connectivity index (χ0n) is 11.1. The molecular weight excluding hydrogens is 306 g/mol. The van der Waals surface area contributed by atoms with E-state index in [0.717, 1.165) is 0 Å². The number of benzene rings is 2. The van der Waals surface area contributed by atoms with Gasteiger partial charge in [0, 0.05) is 11.1 Å². The van der Waals surface area contributed by atoms with Crippen molar-refractivity contribution in [3.05, 3.63) is 60.2 Å². The molecule has 2 heterocycles. The maximum absolute atomic E-state index is 13.9. The fourth-order valence-corrected chi connectivity index (χ4v) is 3.01. The molecule has 0 radical (unpaired) electrons. The first-order chi connectivity index (χ1) is 10.7. The standard InChI is InChI=1S/C15H8F2N4S/c16-10-7-5-9(6-8-10)13-18-19-15-21(13)20-14(22-15)11-3-1-2-4-12(11)17/h1-8H. The third kappa shape index (κ3) is 2.06. The van der Waals surface area contributed by atoms with Crippen molar-refractivity contribution in [3.63, 3.8) is 0 Å². The van der Waals surface area contributed by atoms with Crippen molar-refractivity contribution in [2.24, 2.45) is 0 Å². The van der Waals surface area contributed by atoms with E-state index in [9.17, 15) is 8.78 Å². The van der Waals surface area contributed by atoms with Crippen LogP contribution in [-0.4, -0.2) is 19.8 Å². The molecule has 108 valence electrons. The molecule has 0 saturated heterocycles. The fourth-order valence-electron chi connectivity index (χ4n) is 2.14. The summed E-state index contributed by atoms with van der Waals surface area (Å²) in [5, 5.41) is 13.0. The van der Waals surface area contributed by atoms with Gasteiger partial charge in [-0.3, -0.25) is 0 Å². The first-order valence-corrected chi connectivity index (χ1v) is 7.27. The predicted octanol–water partition coefficient (Wildman–Crippen LogP) is 3.80. The number of halogens is 2. The lowest BCUT2D eigenvalue weighted by molar-refractivity contribution is 0.628. The van der Waals surface area contributed by atoms with Gasteiger partial charge in [0.1, 0.15) is 11.6 Å². The maximum atomic E-state index is 13.9. The topological polar surface area (TPSA) is 43.1 Å². The highest BCUT2D eigenvalue weighted by Gasteiger charge is 2.16. The molecule has 0 aliphatic carbocycles. The van der Waals surface area contributed by atoms with Crippen molar-refractivity contribution in [2.45, 2.75) is 0 Å². The minimum Gasteiger partial charge on any atom is -0.207 e. The molecule has 4 rings (SSSR count). The molecule has 4 nitrogen and oxygen atoms in total. The summed E-state index contributed by atoms with van der Waals surface area (Å²) < 4.78 is 28.4. The average molecular weight is 314 g/mol. The molecule has 2 aromatic carbocycles. The molecule has 0 unspecified atom stereocenters. The average Bonchev–Trinajstić information content (AvgIpc) is 3.09. The molecule has 0 spiro atoms. The van der Waals surface area contributed by atoms with Crippen molar-refractivity contribution in [1.29, 1.82) is 0 Å². The summed E-state index contributed by atoms with van der Waals surface area (Å²) >= 11 is 1.25. The van der Waals surface area contributed by atoms with E-state index in [0.29, 0.717) is 26.9 Å². The number of hydrogen-bond donors (Lipinski definition) is 0. The maximum Gasteiger partial charge on any atom is 0.235 e. The molecule has 0 N–H and O–H groups in total. The van der Waals surface area contributed by atoms with Crippen LogP contribution in [0.5, 0.6) is 0 Å². The first kappa shape index (κ1) is 13.0. The van der Waals surface area contributed by atoms with Gasteiger partial charge in [0.2, 0.25) is 4.96 Å². The molecule has 0 fully saturated rings. The molecule has 0 aliphatic rings. The number of rotatable bonds is 2. The van der Waals surface area contributed by atoms with E-state index in [1.54, 1.807) is 34.8 Å². The van der Waals surface area contributed by atoms with E-state index in [2.05, 4.69) is 15.3 Å². The summed E-state index contributed by atoms with van der Waals surface area (Å²) in [4.78, 5) is 0.553. The minimum atomic E-state index is -0.337. The number of aromatic nitrogens is 4. The first-order valence-electron chi connectivity index (χ1n) is 6.45. The molecule has 2 aromatic heterocycles. The molecule has 22 heavy (non-hydrogen) atoms. The third-order valence-corrected chi connectivity index (χ3v) is 4.13. The van der Waals surface area contributed by atoms with Gasteiger partial charge in [0.25, 0.3) is 0 Å². The Morgan fingerprint density at radius 1 is 0.909 bits per heavy atom. The third-order valence-electron chi connectivity index (χ3n) is 3.20. The quantitative estimate of drug-likeness (QED) is 0.565. The Kier molecular flexibility index (Phi) is 2.93. The van der Waals surface area contributed by atoms with Gasteiger partial charge in [-0.2, -0.15) is 9.61 Å². The van der Waals surface area contributed by atoms with Gasteiger partial charge in [-0.15, -0.1) is 10.2 Å². The van der Waals surface area contributed by atoms with Gasteiger partial charge in [0.05, 0.1) is 0 Å². The Labute approximate surface area is 127 Å². The largest absolute Gasteiger partial charge is 0.235 e. The number of nitrogens with zero attached hydrogens (tertiary/aromatic N) is 4. The summed E-state index contributed by atoms with van der Waals surface area (Å²) in [6.45, 7) is 0. The van der Waals surface area contributed by atoms with Crippen LogP contribution in [0.2, 0.25) is 0 Å². The van der Waals surface area contributed by atoms with Crippen LogP contribution in [-0.2, 0) is 0 Å². The number of fused-ring (bicyclic) bond motifs is 1. The smallest absolute Gasteiger partial charge is 0.207 e. The summed E-state index contributed by atoms with van der Waals surface area (Å²) in [5.74, 6) is -0.167. The molecule has 0 atom stereocenters. The van der Waals surface area contributed by atoms with Gasteiger partial charge in [0.15, 0.2) is 10.8 Å². The Hall–Kier alpha value is -2.67. The summed E-state index contributed by atoms with van der Waals surface area (Å²) in [6.07, 6.45) is 0. The highest BCUT2D eigenvalue weighted by atomic mass is 32.1. The van der Waals surface area contributed by atoms with E-state index in [1.165, 1.54) is 29.5 Å². The second kappa shape index (κ2) is 4.96. The van der Waals surface area contributed by atoms with Crippen LogP contribution in [0.25, 0.3) is 26.9 Å². The lowest BCUT2D eigenvalue weighted by Gasteiger charge is -1.98. The molecule has 0 saturated carbocycles. The van der Waals surface area contributed by atoms with E-state index < -0.39 is 0 Å². The van der Waals surface area contributed by atoms with Crippen molar-refractivity contribution < 1.29 is 8.78 Å². The molecule has 0 bridgehead atoms. The van der Waals surface area contributed by atoms with Crippen molar-refractivity contribution in [2.75, 3.05) is 0 Å². The Morgan fingerprint density at radius 3 is 2.45 bits per heavy atom. The van der Waals surface area contributed by atoms with Gasteiger partial charge in [-0.05, 0) is 36.4 Å². The molecular formula is C15H8F2N4S. The van der Waals surface area contributed by atoms with Crippen molar-refractivity contribution >= 4 is 16.3 Å². The van der Waals surface area contributed by atoms with Crippen LogP contribution in [0.1, 0.15) is 0 Å². The van der Waals surface area contributed by atoms with Crippen LogP contribution in [0.4, 0.5) is 8.78 Å². The highest BCUT2D eigenvalue weighted by Crippen LogP contribution is 2.29. The van der Waals surface area contributed by atoms with Crippen LogP contribution in [0.15, 0.2) is 48.5 Å². The monoisotopic (exact) mass is 314 g/mol. The van der Waals surface area contributed by atoms with E-state index >= 15 is 0 Å². The second-order valence-electron chi connectivity index (χ2n) is 4.61. The zero-order chi connectivity index (χ0) is 15.1. The van der Waals surface area contributed by atoms with Crippen LogP contribution in [0.3, 0.4) is 0 Å². The normalized spacial score (nSPS) is 11.2. The lowest BCUT2D eigenvalue weighted by atomic mass is 10.2. The van der Waals surface area contributed by atoms with Gasteiger partial charge in [-0.25, -0.2) is 8.78 Å². The van der Waals surface area contributed by atoms with Crippen LogP contribution < -0.4 is 0 Å². The molecule has 0 amide bonds. The molecule has 7 heteroatoms. The Morgan fingerprint density at radius 2 is 1.68 bits per heavy atom. The molecule has 0 aliphatic heterocycles. The van der Waals surface area contributed by atoms with Crippen LogP contribution in [0, 0.1) is 11.6 Å². The lowest BCUT2D eigenvalue weighted by Crippen LogP contribution is -1.92. The van der Waals surface area contributed by atoms with Gasteiger partial charge >= 0.3 is 0 Å². The fraction of sp³-hybridized carbons (Fsp3) is 0. The van der Waals surface area contributed by atoms with Crippen molar-refractivity contribution in [3.8, 4) is 22.0 Å². The number of hydrogen-bond acceptors (Lipinski definition) is 4. The Bertz CT molecular complexity index is 959. The summed E-state index contributed by atoms with van der Waals surface area (Å²) in [6, 6.07) is 12.3. The van der Waals surface area contributed by atoms with Crippen molar-refractivity contribution in [1.82, 2.24) is 19.8 Å². The van der Waals surface area contributed by atoms with E-state index in [1.807, 2.05) is 0 Å². The van der Waals surface area contributed by atoms with E-state index in [-0.39, 0.29) is 11.6 Å². The minimum absolute atomic E-state index is 0.324. The molecule has 4 aromatic rings. The second-order valence-corrected chi connectivity index (χ2v) is 5.57. The zero-order valence-corrected chi connectivity index (χ0v) is 11.9. The van der Waals surface area contributed by atoms with E-state index in [4.69, 9.17) is 0 Å². The van der Waals surface area contributed by atoms with Gasteiger partial charge in [-0.1, -0.05) is 23.5 Å². The van der Waals surface area contributed by atoms with Gasteiger partial charge < -0.3 is 0 Å². The Balaban J connectivity index is 1.86. The SMILES string of the molecule is Fc1ccc(-c2nnc3sc(-c4ccccc4F)nn23)cc1.